The Bertz CT molecular complexity index is 905. The highest BCUT2D eigenvalue weighted by Gasteiger charge is 2.23. The zero-order valence-electron chi connectivity index (χ0n) is 15.7. The fourth-order valence-electron chi connectivity index (χ4n) is 2.68. The van der Waals surface area contributed by atoms with Crippen LogP contribution in [0.15, 0.2) is 48.5 Å². The van der Waals surface area contributed by atoms with Gasteiger partial charge in [0, 0.05) is 18.7 Å². The summed E-state index contributed by atoms with van der Waals surface area (Å²) in [6.07, 6.45) is 0. The van der Waals surface area contributed by atoms with Crippen LogP contribution in [0.4, 0.5) is 0 Å². The van der Waals surface area contributed by atoms with Crippen molar-refractivity contribution in [1.82, 2.24) is 14.9 Å². The third-order valence-electron chi connectivity index (χ3n) is 4.18. The number of imidazole rings is 1. The third-order valence-corrected chi connectivity index (χ3v) is 4.18. The van der Waals surface area contributed by atoms with Gasteiger partial charge in [0.1, 0.15) is 11.6 Å². The highest BCUT2D eigenvalue weighted by molar-refractivity contribution is 5.81. The Morgan fingerprint density at radius 3 is 2.46 bits per heavy atom. The largest absolute Gasteiger partial charge is 0.426 e. The van der Waals surface area contributed by atoms with E-state index in [0.717, 1.165) is 35.5 Å². The first-order valence-corrected chi connectivity index (χ1v) is 8.83. The summed E-state index contributed by atoms with van der Waals surface area (Å²) in [5, 5.41) is 3.19. The van der Waals surface area contributed by atoms with E-state index in [1.807, 2.05) is 70.3 Å². The Morgan fingerprint density at radius 1 is 1.12 bits per heavy atom. The van der Waals surface area contributed by atoms with Gasteiger partial charge in [0.25, 0.3) is 0 Å². The molecule has 0 amide bonds. The van der Waals surface area contributed by atoms with Crippen molar-refractivity contribution < 1.29 is 9.53 Å². The molecule has 0 aliphatic carbocycles. The number of hydrogen-bond donors (Lipinski definition) is 1. The molecule has 1 N–H and O–H groups in total. The molecule has 0 radical (unpaired) electrons. The first-order chi connectivity index (χ1) is 12.4. The molecule has 0 saturated carbocycles. The fraction of sp³-hybridized carbons (Fsp3) is 0.333. The Balaban J connectivity index is 1.92. The summed E-state index contributed by atoms with van der Waals surface area (Å²) < 4.78 is 7.66. The Kier molecular flexibility index (Phi) is 5.09. The summed E-state index contributed by atoms with van der Waals surface area (Å²) in [6, 6.07) is 15.7. The van der Waals surface area contributed by atoms with E-state index in [-0.39, 0.29) is 5.97 Å². The summed E-state index contributed by atoms with van der Waals surface area (Å²) in [5.74, 6) is 1.22. The van der Waals surface area contributed by atoms with Crippen LogP contribution in [0.25, 0.3) is 22.4 Å². The highest BCUT2D eigenvalue weighted by Crippen LogP contribution is 2.27. The van der Waals surface area contributed by atoms with E-state index in [1.54, 1.807) is 0 Å². The van der Waals surface area contributed by atoms with Gasteiger partial charge in [-0.1, -0.05) is 12.1 Å². The van der Waals surface area contributed by atoms with Crippen LogP contribution in [0.5, 0.6) is 5.75 Å². The summed E-state index contributed by atoms with van der Waals surface area (Å²) in [7, 11) is 1.94. The standard InChI is InChI=1S/C21H25N3O2/c1-21(2,3)20(25)26-16-11-9-15(10-12-16)19-23-17-7-5-6-8-18(17)24(19)14-13-22-4/h5-12,22H,13-14H2,1-4H3. The number of fused-ring (bicyclic) bond motifs is 1. The molecule has 0 spiro atoms. The van der Waals surface area contributed by atoms with Gasteiger partial charge in [0.15, 0.2) is 0 Å². The molecular formula is C21H25N3O2. The molecule has 1 heterocycles. The van der Waals surface area contributed by atoms with Crippen molar-refractivity contribution >= 4 is 17.0 Å². The van der Waals surface area contributed by atoms with Gasteiger partial charge in [0.05, 0.1) is 16.4 Å². The van der Waals surface area contributed by atoms with Gasteiger partial charge in [0.2, 0.25) is 0 Å². The van der Waals surface area contributed by atoms with Crippen LogP contribution in [0, 0.1) is 5.41 Å². The topological polar surface area (TPSA) is 56.2 Å². The Labute approximate surface area is 154 Å². The van der Waals surface area contributed by atoms with E-state index in [2.05, 4.69) is 16.0 Å². The summed E-state index contributed by atoms with van der Waals surface area (Å²) in [6.45, 7) is 7.21. The lowest BCUT2D eigenvalue weighted by Gasteiger charge is -2.16. The Morgan fingerprint density at radius 2 is 1.81 bits per heavy atom. The molecule has 0 fully saturated rings. The second-order valence-electron chi connectivity index (χ2n) is 7.34. The number of carbonyl (C=O) groups is 1. The minimum atomic E-state index is -0.528. The maximum atomic E-state index is 12.0. The van der Waals surface area contributed by atoms with Crippen molar-refractivity contribution in [3.8, 4) is 17.1 Å². The van der Waals surface area contributed by atoms with Gasteiger partial charge in [-0.3, -0.25) is 4.79 Å². The molecule has 0 unspecified atom stereocenters. The number of rotatable bonds is 5. The van der Waals surface area contributed by atoms with Crippen LogP contribution in [0.2, 0.25) is 0 Å². The van der Waals surface area contributed by atoms with Gasteiger partial charge in [-0.2, -0.15) is 0 Å². The van der Waals surface area contributed by atoms with Crippen molar-refractivity contribution in [1.29, 1.82) is 0 Å². The van der Waals surface area contributed by atoms with E-state index in [4.69, 9.17) is 9.72 Å². The van der Waals surface area contributed by atoms with Crippen LogP contribution in [0.3, 0.4) is 0 Å². The number of esters is 1. The minimum Gasteiger partial charge on any atom is -0.426 e. The zero-order chi connectivity index (χ0) is 18.7. The Hall–Kier alpha value is -2.66. The van der Waals surface area contributed by atoms with Gasteiger partial charge in [-0.15, -0.1) is 0 Å². The fourth-order valence-corrected chi connectivity index (χ4v) is 2.68. The van der Waals surface area contributed by atoms with Crippen molar-refractivity contribution in [3.05, 3.63) is 48.5 Å². The van der Waals surface area contributed by atoms with Gasteiger partial charge in [-0.05, 0) is 64.2 Å². The number of nitrogens with zero attached hydrogens (tertiary/aromatic N) is 2. The molecule has 3 rings (SSSR count). The van der Waals surface area contributed by atoms with Crippen molar-refractivity contribution in [2.24, 2.45) is 5.41 Å². The predicted octanol–water partition coefficient (Wildman–Crippen LogP) is 3.87. The van der Waals surface area contributed by atoms with E-state index in [1.165, 1.54) is 0 Å². The number of benzene rings is 2. The normalized spacial score (nSPS) is 11.7. The summed E-state index contributed by atoms with van der Waals surface area (Å²) in [4.78, 5) is 16.8. The monoisotopic (exact) mass is 351 g/mol. The first kappa shape index (κ1) is 18.1. The van der Waals surface area contributed by atoms with Crippen molar-refractivity contribution in [2.75, 3.05) is 13.6 Å². The lowest BCUT2D eigenvalue weighted by Crippen LogP contribution is -2.25. The molecule has 136 valence electrons. The number of nitrogens with one attached hydrogen (secondary N) is 1. The van der Waals surface area contributed by atoms with E-state index in [0.29, 0.717) is 5.75 Å². The minimum absolute atomic E-state index is 0.244. The van der Waals surface area contributed by atoms with Gasteiger partial charge >= 0.3 is 5.97 Å². The van der Waals surface area contributed by atoms with Crippen LogP contribution >= 0.6 is 0 Å². The van der Waals surface area contributed by atoms with Crippen LogP contribution < -0.4 is 10.1 Å². The molecule has 5 heteroatoms. The average Bonchev–Trinajstić information content (AvgIpc) is 2.98. The molecule has 0 bridgehead atoms. The van der Waals surface area contributed by atoms with Gasteiger partial charge in [-0.25, -0.2) is 4.98 Å². The van der Waals surface area contributed by atoms with Crippen molar-refractivity contribution in [2.45, 2.75) is 27.3 Å². The molecule has 26 heavy (non-hydrogen) atoms. The molecule has 0 saturated heterocycles. The lowest BCUT2D eigenvalue weighted by molar-refractivity contribution is -0.142. The van der Waals surface area contributed by atoms with Gasteiger partial charge < -0.3 is 14.6 Å². The summed E-state index contributed by atoms with van der Waals surface area (Å²) in [5.41, 5.74) is 2.55. The average molecular weight is 351 g/mol. The number of likely N-dealkylation sites (N-methyl/N-ethyl adjacent to an activating group) is 1. The molecule has 2 aromatic carbocycles. The van der Waals surface area contributed by atoms with Crippen LogP contribution in [-0.4, -0.2) is 29.1 Å². The number of carbonyl (C=O) groups excluding carboxylic acids is 1. The molecule has 0 atom stereocenters. The molecule has 1 aromatic heterocycles. The van der Waals surface area contributed by atoms with E-state index >= 15 is 0 Å². The molecule has 0 aliphatic rings. The summed E-state index contributed by atoms with van der Waals surface area (Å²) >= 11 is 0. The van der Waals surface area contributed by atoms with Crippen molar-refractivity contribution in [3.63, 3.8) is 0 Å². The number of para-hydroxylation sites is 2. The quantitative estimate of drug-likeness (QED) is 0.560. The predicted molar refractivity (Wildman–Crippen MR) is 104 cm³/mol. The third kappa shape index (κ3) is 3.78. The molecule has 3 aromatic rings. The SMILES string of the molecule is CNCCn1c(-c2ccc(OC(=O)C(C)(C)C)cc2)nc2ccccc21. The number of hydrogen-bond acceptors (Lipinski definition) is 4. The molecule has 5 nitrogen and oxygen atoms in total. The maximum Gasteiger partial charge on any atom is 0.316 e. The smallest absolute Gasteiger partial charge is 0.316 e. The first-order valence-electron chi connectivity index (χ1n) is 8.83. The second kappa shape index (κ2) is 7.30. The van der Waals surface area contributed by atoms with Crippen LogP contribution in [-0.2, 0) is 11.3 Å². The molecular weight excluding hydrogens is 326 g/mol. The maximum absolute atomic E-state index is 12.0. The van der Waals surface area contributed by atoms with E-state index < -0.39 is 5.41 Å². The number of ether oxygens (including phenoxy) is 1. The molecule has 0 aliphatic heterocycles. The van der Waals surface area contributed by atoms with Crippen LogP contribution in [0.1, 0.15) is 20.8 Å². The second-order valence-corrected chi connectivity index (χ2v) is 7.34. The lowest BCUT2D eigenvalue weighted by atomic mass is 9.97. The van der Waals surface area contributed by atoms with E-state index in [9.17, 15) is 4.79 Å². The number of aromatic nitrogens is 2. The zero-order valence-corrected chi connectivity index (χ0v) is 15.7. The highest BCUT2D eigenvalue weighted by atomic mass is 16.5.